The lowest BCUT2D eigenvalue weighted by Crippen LogP contribution is -1.84. The molecule has 0 radical (unpaired) electrons. The minimum absolute atomic E-state index is 1.18. The van der Waals surface area contributed by atoms with Crippen molar-refractivity contribution in [3.63, 3.8) is 0 Å². The second kappa shape index (κ2) is 13.2. The summed E-state index contributed by atoms with van der Waals surface area (Å²) in [7, 11) is 0. The second-order valence-electron chi connectivity index (χ2n) is 9.98. The van der Waals surface area contributed by atoms with Gasteiger partial charge in [0.1, 0.15) is 0 Å². The van der Waals surface area contributed by atoms with E-state index in [0.29, 0.717) is 0 Å². The number of rotatable bonds is 8. The molecule has 0 heterocycles. The van der Waals surface area contributed by atoms with E-state index in [1.807, 2.05) is 0 Å². The molecular weight excluding hydrogens is 480 g/mol. The molecule has 0 saturated carbocycles. The first-order valence-electron chi connectivity index (χ1n) is 13.8. The molecule has 0 N–H and O–H groups in total. The molecule has 0 bridgehead atoms. The highest BCUT2D eigenvalue weighted by atomic mass is 14.1. The Morgan fingerprint density at radius 1 is 0.350 bits per heavy atom. The Balaban J connectivity index is 1.30. The van der Waals surface area contributed by atoms with Crippen molar-refractivity contribution in [1.29, 1.82) is 0 Å². The molecule has 0 saturated heterocycles. The van der Waals surface area contributed by atoms with E-state index < -0.39 is 0 Å². The van der Waals surface area contributed by atoms with Crippen LogP contribution in [0.15, 0.2) is 133 Å². The SMILES string of the molecule is CC(=Cc1ccccc1C=Cc1ccc(C=Cc2ccccc2C=C(C)c2ccccc2)cc1)c1ccccc1. The summed E-state index contributed by atoms with van der Waals surface area (Å²) in [6, 6.07) is 46.8. The molecule has 0 aliphatic heterocycles. The Morgan fingerprint density at radius 3 is 1.05 bits per heavy atom. The summed E-state index contributed by atoms with van der Waals surface area (Å²) in [6.07, 6.45) is 13.3. The Kier molecular flexibility index (Phi) is 8.81. The summed E-state index contributed by atoms with van der Waals surface area (Å²) >= 11 is 0. The van der Waals surface area contributed by atoms with Crippen LogP contribution in [-0.2, 0) is 0 Å². The third kappa shape index (κ3) is 7.12. The van der Waals surface area contributed by atoms with Gasteiger partial charge in [0.25, 0.3) is 0 Å². The zero-order valence-electron chi connectivity index (χ0n) is 23.2. The second-order valence-corrected chi connectivity index (χ2v) is 9.98. The van der Waals surface area contributed by atoms with Crippen molar-refractivity contribution in [2.24, 2.45) is 0 Å². The summed E-state index contributed by atoms with van der Waals surface area (Å²) in [5.41, 5.74) is 12.2. The van der Waals surface area contributed by atoms with E-state index in [0.717, 1.165) is 0 Å². The van der Waals surface area contributed by atoms with Crippen molar-refractivity contribution < 1.29 is 0 Å². The first kappa shape index (κ1) is 26.7. The maximum absolute atomic E-state index is 2.26. The minimum Gasteiger partial charge on any atom is -0.0622 e. The van der Waals surface area contributed by atoms with Crippen molar-refractivity contribution in [1.82, 2.24) is 0 Å². The van der Waals surface area contributed by atoms with E-state index in [2.05, 4.69) is 184 Å². The van der Waals surface area contributed by atoms with Gasteiger partial charge in [-0.15, -0.1) is 0 Å². The van der Waals surface area contributed by atoms with Crippen LogP contribution < -0.4 is 0 Å². The van der Waals surface area contributed by atoms with Gasteiger partial charge in [-0.25, -0.2) is 0 Å². The Morgan fingerprint density at radius 2 is 0.675 bits per heavy atom. The topological polar surface area (TPSA) is 0 Å². The molecule has 5 aromatic rings. The van der Waals surface area contributed by atoms with Gasteiger partial charge in [-0.1, -0.05) is 170 Å². The van der Waals surface area contributed by atoms with Crippen LogP contribution in [0.2, 0.25) is 0 Å². The lowest BCUT2D eigenvalue weighted by Gasteiger charge is -2.05. The zero-order valence-corrected chi connectivity index (χ0v) is 23.2. The van der Waals surface area contributed by atoms with Crippen molar-refractivity contribution >= 4 is 47.6 Å². The van der Waals surface area contributed by atoms with Crippen LogP contribution in [0.4, 0.5) is 0 Å². The van der Waals surface area contributed by atoms with E-state index in [1.165, 1.54) is 55.7 Å². The molecule has 40 heavy (non-hydrogen) atoms. The molecule has 5 aromatic carbocycles. The molecule has 5 rings (SSSR count). The average Bonchev–Trinajstić information content (AvgIpc) is 3.01. The van der Waals surface area contributed by atoms with Crippen molar-refractivity contribution in [2.45, 2.75) is 13.8 Å². The summed E-state index contributed by atoms with van der Waals surface area (Å²) < 4.78 is 0. The molecule has 0 atom stereocenters. The standard InChI is InChI=1S/C40H34/c1-31(35-13-5-3-6-14-35)29-39-19-11-9-17-37(39)27-25-33-21-23-34(24-22-33)26-28-38-18-10-12-20-40(38)30-32(2)36-15-7-4-8-16-36/h3-30H,1-2H3. The molecule has 0 unspecified atom stereocenters. The Bertz CT molecular complexity index is 1530. The number of hydrogen-bond donors (Lipinski definition) is 0. The van der Waals surface area contributed by atoms with Crippen molar-refractivity contribution in [3.8, 4) is 0 Å². The van der Waals surface area contributed by atoms with Gasteiger partial charge in [-0.05, 0) is 69.5 Å². The monoisotopic (exact) mass is 514 g/mol. The van der Waals surface area contributed by atoms with Crippen LogP contribution in [0.25, 0.3) is 47.6 Å². The fourth-order valence-electron chi connectivity index (χ4n) is 4.71. The highest BCUT2D eigenvalue weighted by molar-refractivity contribution is 5.86. The molecule has 0 aromatic heterocycles. The molecule has 0 spiro atoms. The van der Waals surface area contributed by atoms with Crippen LogP contribution in [0, 0.1) is 0 Å². The molecular formula is C40H34. The third-order valence-electron chi connectivity index (χ3n) is 7.04. The third-order valence-corrected chi connectivity index (χ3v) is 7.04. The molecule has 0 aliphatic carbocycles. The summed E-state index contributed by atoms with van der Waals surface area (Å²) in [6.45, 7) is 4.34. The lowest BCUT2D eigenvalue weighted by atomic mass is 10.00. The zero-order chi connectivity index (χ0) is 27.6. The summed E-state index contributed by atoms with van der Waals surface area (Å²) in [4.78, 5) is 0. The Labute approximate surface area is 239 Å². The van der Waals surface area contributed by atoms with Gasteiger partial charge in [0.05, 0.1) is 0 Å². The largest absolute Gasteiger partial charge is 0.0622 e. The van der Waals surface area contributed by atoms with Crippen LogP contribution in [0.5, 0.6) is 0 Å². The molecule has 0 fully saturated rings. The van der Waals surface area contributed by atoms with Crippen molar-refractivity contribution in [2.75, 3.05) is 0 Å². The van der Waals surface area contributed by atoms with Gasteiger partial charge < -0.3 is 0 Å². The van der Waals surface area contributed by atoms with E-state index in [1.54, 1.807) is 0 Å². The number of benzene rings is 5. The van der Waals surface area contributed by atoms with Gasteiger partial charge in [-0.2, -0.15) is 0 Å². The van der Waals surface area contributed by atoms with E-state index >= 15 is 0 Å². The Hall–Kier alpha value is -4.94. The van der Waals surface area contributed by atoms with Gasteiger partial charge >= 0.3 is 0 Å². The fraction of sp³-hybridized carbons (Fsp3) is 0.0500. The van der Waals surface area contributed by atoms with Gasteiger partial charge in [-0.3, -0.25) is 0 Å². The number of hydrogen-bond acceptors (Lipinski definition) is 0. The maximum atomic E-state index is 2.26. The predicted molar refractivity (Wildman–Crippen MR) is 177 cm³/mol. The van der Waals surface area contributed by atoms with Gasteiger partial charge in [0, 0.05) is 0 Å². The highest BCUT2D eigenvalue weighted by Gasteiger charge is 2.01. The summed E-state index contributed by atoms with van der Waals surface area (Å²) in [5.74, 6) is 0. The average molecular weight is 515 g/mol. The van der Waals surface area contributed by atoms with Crippen molar-refractivity contribution in [3.05, 3.63) is 178 Å². The van der Waals surface area contributed by atoms with Crippen LogP contribution >= 0.6 is 0 Å². The summed E-state index contributed by atoms with van der Waals surface area (Å²) in [5, 5.41) is 0. The highest BCUT2D eigenvalue weighted by Crippen LogP contribution is 2.23. The first-order chi connectivity index (χ1) is 19.7. The van der Waals surface area contributed by atoms with Gasteiger partial charge in [0.15, 0.2) is 0 Å². The molecule has 0 aliphatic rings. The molecule has 0 heteroatoms. The lowest BCUT2D eigenvalue weighted by molar-refractivity contribution is 1.56. The maximum Gasteiger partial charge on any atom is -0.0181 e. The quantitative estimate of drug-likeness (QED) is 0.181. The molecule has 0 amide bonds. The minimum atomic E-state index is 1.18. The molecule has 194 valence electrons. The number of allylic oxidation sites excluding steroid dienone is 2. The van der Waals surface area contributed by atoms with Crippen LogP contribution in [0.3, 0.4) is 0 Å². The van der Waals surface area contributed by atoms with E-state index in [4.69, 9.17) is 0 Å². The predicted octanol–water partition coefficient (Wildman–Crippen LogP) is 11.1. The van der Waals surface area contributed by atoms with Crippen LogP contribution in [-0.4, -0.2) is 0 Å². The van der Waals surface area contributed by atoms with E-state index in [9.17, 15) is 0 Å². The normalized spacial score (nSPS) is 12.3. The first-order valence-corrected chi connectivity index (χ1v) is 13.8. The van der Waals surface area contributed by atoms with E-state index in [-0.39, 0.29) is 0 Å². The molecule has 0 nitrogen and oxygen atoms in total. The van der Waals surface area contributed by atoms with Gasteiger partial charge in [0.2, 0.25) is 0 Å². The smallest absolute Gasteiger partial charge is 0.0181 e. The fourth-order valence-corrected chi connectivity index (χ4v) is 4.71. The van der Waals surface area contributed by atoms with Crippen LogP contribution in [0.1, 0.15) is 58.4 Å².